The van der Waals surface area contributed by atoms with Gasteiger partial charge in [0.15, 0.2) is 23.1 Å². The summed E-state index contributed by atoms with van der Waals surface area (Å²) in [4.78, 5) is 45.5. The van der Waals surface area contributed by atoms with Gasteiger partial charge in [0.25, 0.3) is 0 Å². The minimum absolute atomic E-state index is 0.163. The molecule has 0 aromatic heterocycles. The summed E-state index contributed by atoms with van der Waals surface area (Å²) < 4.78 is 48.0. The summed E-state index contributed by atoms with van der Waals surface area (Å²) >= 11 is 0. The molecule has 0 aliphatic carbocycles. The van der Waals surface area contributed by atoms with Crippen LogP contribution < -0.4 is 18.9 Å². The number of rotatable bonds is 10. The average molecular weight is 667 g/mol. The lowest BCUT2D eigenvalue weighted by Crippen LogP contribution is -2.09. The van der Waals surface area contributed by atoms with Crippen LogP contribution in [0, 0.1) is 11.6 Å². The molecule has 10 heteroatoms. The Labute approximate surface area is 282 Å². The lowest BCUT2D eigenvalue weighted by molar-refractivity contribution is -0.131. The van der Waals surface area contributed by atoms with Gasteiger partial charge in [-0.1, -0.05) is 62.7 Å². The number of carbonyl (C=O) groups excluding carboxylic acids is 4. The van der Waals surface area contributed by atoms with E-state index in [0.29, 0.717) is 44.9 Å². The van der Waals surface area contributed by atoms with Gasteiger partial charge in [-0.2, -0.15) is 0 Å². The molecule has 0 radical (unpaired) electrons. The molecule has 0 N–H and O–H groups in total. The molecular weight excluding hydrogens is 634 g/mol. The van der Waals surface area contributed by atoms with Crippen LogP contribution in [0.4, 0.5) is 8.78 Å². The van der Waals surface area contributed by atoms with Crippen molar-refractivity contribution in [2.45, 2.75) is 20.8 Å². The summed E-state index contributed by atoms with van der Waals surface area (Å²) in [6.07, 6.45) is 0.957. The van der Waals surface area contributed by atoms with Gasteiger partial charge in [-0.05, 0) is 91.6 Å². The smallest absolute Gasteiger partial charge is 0.338 e. The maximum atomic E-state index is 14.1. The van der Waals surface area contributed by atoms with Gasteiger partial charge in [-0.3, -0.25) is 0 Å². The highest BCUT2D eigenvalue weighted by Crippen LogP contribution is 2.29. The number of hydrogen-bond donors (Lipinski definition) is 0. The van der Waals surface area contributed by atoms with Gasteiger partial charge in [0.05, 0.1) is 0 Å². The Kier molecular flexibility index (Phi) is 12.8. The zero-order chi connectivity index (χ0) is 36.2. The predicted octanol–water partition coefficient (Wildman–Crippen LogP) is 8.52. The summed E-state index contributed by atoms with van der Waals surface area (Å²) in [6, 6.07) is 21.6. The monoisotopic (exact) mass is 666 g/mol. The quantitative estimate of drug-likeness (QED) is 0.0943. The zero-order valence-corrected chi connectivity index (χ0v) is 27.0. The molecule has 0 amide bonds. The molecule has 0 saturated heterocycles. The molecule has 8 nitrogen and oxygen atoms in total. The Hall–Kier alpha value is -6.42. The second kappa shape index (κ2) is 16.9. The molecule has 49 heavy (non-hydrogen) atoms. The van der Waals surface area contributed by atoms with Gasteiger partial charge in [-0.15, -0.1) is 0 Å². The van der Waals surface area contributed by atoms with E-state index in [4.69, 9.17) is 18.9 Å². The number of hydrogen-bond acceptors (Lipinski definition) is 8. The maximum absolute atomic E-state index is 14.1. The SMILES string of the molecule is C=C(C)C(=O)Oc1ccc(-c2ccc(OC(=O)C(=C)C)c(F)c2)cc1.C=CC(=O)Oc1ccc(-c2ccc(OC(=O)C(=C)C)cc2)cc1F. The minimum Gasteiger partial charge on any atom is -0.423 e. The third-order valence-electron chi connectivity index (χ3n) is 6.29. The Morgan fingerprint density at radius 1 is 0.510 bits per heavy atom. The molecule has 0 aliphatic heterocycles. The molecule has 0 saturated carbocycles. The first-order valence-corrected chi connectivity index (χ1v) is 14.5. The van der Waals surface area contributed by atoms with Crippen molar-refractivity contribution in [2.75, 3.05) is 0 Å². The fourth-order valence-electron chi connectivity index (χ4n) is 3.68. The van der Waals surface area contributed by atoms with Gasteiger partial charge in [0.2, 0.25) is 0 Å². The van der Waals surface area contributed by atoms with Crippen molar-refractivity contribution in [1.82, 2.24) is 0 Å². The van der Waals surface area contributed by atoms with Crippen molar-refractivity contribution < 1.29 is 46.9 Å². The van der Waals surface area contributed by atoms with Crippen LogP contribution >= 0.6 is 0 Å². The second-order valence-corrected chi connectivity index (χ2v) is 10.5. The van der Waals surface area contributed by atoms with E-state index < -0.39 is 35.5 Å². The zero-order valence-electron chi connectivity index (χ0n) is 27.0. The van der Waals surface area contributed by atoms with E-state index in [1.54, 1.807) is 74.5 Å². The van der Waals surface area contributed by atoms with Crippen molar-refractivity contribution in [1.29, 1.82) is 0 Å². The number of benzene rings is 4. The van der Waals surface area contributed by atoms with Crippen LogP contribution in [0.25, 0.3) is 22.3 Å². The predicted molar refractivity (Wildman–Crippen MR) is 181 cm³/mol. The number of ether oxygens (including phenoxy) is 4. The normalized spacial score (nSPS) is 9.98. The number of esters is 4. The average Bonchev–Trinajstić information content (AvgIpc) is 3.07. The third kappa shape index (κ3) is 10.8. The Morgan fingerprint density at radius 2 is 0.837 bits per heavy atom. The highest BCUT2D eigenvalue weighted by atomic mass is 19.1. The second-order valence-electron chi connectivity index (χ2n) is 10.5. The molecule has 4 aromatic carbocycles. The summed E-state index contributed by atoms with van der Waals surface area (Å²) in [5, 5.41) is 0. The van der Waals surface area contributed by atoms with E-state index in [2.05, 4.69) is 26.3 Å². The number of carbonyl (C=O) groups is 4. The Morgan fingerprint density at radius 3 is 1.16 bits per heavy atom. The van der Waals surface area contributed by atoms with Gasteiger partial charge >= 0.3 is 23.9 Å². The fraction of sp³-hybridized carbons (Fsp3) is 0.0769. The summed E-state index contributed by atoms with van der Waals surface area (Å²) in [5.41, 5.74) is 3.38. The highest BCUT2D eigenvalue weighted by molar-refractivity contribution is 5.90. The maximum Gasteiger partial charge on any atom is 0.338 e. The van der Waals surface area contributed by atoms with Crippen molar-refractivity contribution >= 4 is 23.9 Å². The van der Waals surface area contributed by atoms with Crippen molar-refractivity contribution in [2.24, 2.45) is 0 Å². The van der Waals surface area contributed by atoms with Crippen LogP contribution in [0.15, 0.2) is 134 Å². The summed E-state index contributed by atoms with van der Waals surface area (Å²) in [7, 11) is 0. The van der Waals surface area contributed by atoms with Crippen LogP contribution in [-0.2, 0) is 19.2 Å². The van der Waals surface area contributed by atoms with E-state index in [9.17, 15) is 28.0 Å². The van der Waals surface area contributed by atoms with Crippen molar-refractivity contribution in [3.05, 3.63) is 146 Å². The van der Waals surface area contributed by atoms with E-state index in [1.165, 1.54) is 31.2 Å². The third-order valence-corrected chi connectivity index (χ3v) is 6.29. The van der Waals surface area contributed by atoms with Crippen LogP contribution in [-0.4, -0.2) is 23.9 Å². The van der Waals surface area contributed by atoms with E-state index in [0.717, 1.165) is 6.08 Å². The molecule has 0 atom stereocenters. The largest absolute Gasteiger partial charge is 0.423 e. The molecule has 250 valence electrons. The van der Waals surface area contributed by atoms with Gasteiger partial charge in [-0.25, -0.2) is 28.0 Å². The van der Waals surface area contributed by atoms with Gasteiger partial charge in [0, 0.05) is 22.8 Å². The molecule has 4 rings (SSSR count). The van der Waals surface area contributed by atoms with E-state index in [1.807, 2.05) is 0 Å². The van der Waals surface area contributed by atoms with Gasteiger partial charge in [0.1, 0.15) is 11.5 Å². The number of halogens is 2. The first kappa shape index (κ1) is 37.0. The Bertz CT molecular complexity index is 1940. The molecule has 0 bridgehead atoms. The van der Waals surface area contributed by atoms with Gasteiger partial charge < -0.3 is 18.9 Å². The first-order chi connectivity index (χ1) is 23.2. The van der Waals surface area contributed by atoms with Crippen LogP contribution in [0.5, 0.6) is 23.0 Å². The topological polar surface area (TPSA) is 105 Å². The Balaban J connectivity index is 0.000000266. The highest BCUT2D eigenvalue weighted by Gasteiger charge is 2.13. The van der Waals surface area contributed by atoms with Crippen molar-refractivity contribution in [3.8, 4) is 45.3 Å². The molecule has 4 aromatic rings. The molecule has 0 aliphatic rings. The summed E-state index contributed by atoms with van der Waals surface area (Å²) in [5.74, 6) is -3.37. The van der Waals surface area contributed by atoms with Crippen LogP contribution in [0.2, 0.25) is 0 Å². The van der Waals surface area contributed by atoms with E-state index in [-0.39, 0.29) is 17.1 Å². The summed E-state index contributed by atoms with van der Waals surface area (Å²) in [6.45, 7) is 18.3. The fourth-order valence-corrected chi connectivity index (χ4v) is 3.68. The van der Waals surface area contributed by atoms with Crippen molar-refractivity contribution in [3.63, 3.8) is 0 Å². The van der Waals surface area contributed by atoms with Crippen LogP contribution in [0.3, 0.4) is 0 Å². The molecule has 0 heterocycles. The molecule has 0 unspecified atom stereocenters. The lowest BCUT2D eigenvalue weighted by atomic mass is 10.1. The molecule has 0 fully saturated rings. The standard InChI is InChI=1S/C20H17FO4.C19H15FO4/c1-12(2)19(22)24-16-8-5-14(6-9-16)15-7-10-18(17(21)11-15)25-20(23)13(3)4;1-4-18(21)24-17-10-7-14(11-16(17)20)13-5-8-15(9-6-13)23-19(22)12(2)3/h5-11H,1,3H2,2,4H3;4-11H,1-2H2,3H3. The van der Waals surface area contributed by atoms with E-state index >= 15 is 0 Å². The van der Waals surface area contributed by atoms with Crippen LogP contribution in [0.1, 0.15) is 20.8 Å². The lowest BCUT2D eigenvalue weighted by Gasteiger charge is -2.08. The molecule has 0 spiro atoms. The first-order valence-electron chi connectivity index (χ1n) is 14.5. The minimum atomic E-state index is -0.731. The molecular formula is C39H32F2O8.